The maximum atomic E-state index is 13.0. The minimum Gasteiger partial charge on any atom is -0.323 e. The van der Waals surface area contributed by atoms with E-state index in [2.05, 4.69) is 5.10 Å². The summed E-state index contributed by atoms with van der Waals surface area (Å²) in [4.78, 5) is 0. The second-order valence-electron chi connectivity index (χ2n) is 3.86. The second kappa shape index (κ2) is 4.78. The highest BCUT2D eigenvalue weighted by Gasteiger charge is 2.02. The molecule has 0 heterocycles. The third-order valence-corrected chi connectivity index (χ3v) is 2.63. The molecule has 86 valence electrons. The number of hydrogen-bond donors (Lipinski definition) is 1. The van der Waals surface area contributed by atoms with Crippen molar-refractivity contribution in [1.82, 2.24) is 0 Å². The molecule has 0 bridgehead atoms. The minimum absolute atomic E-state index is 0.210. The summed E-state index contributed by atoms with van der Waals surface area (Å²) in [6.45, 7) is 1.90. The Bertz CT molecular complexity index is 545. The van der Waals surface area contributed by atoms with E-state index in [-0.39, 0.29) is 5.82 Å². The molecule has 0 atom stereocenters. The first-order valence-electron chi connectivity index (χ1n) is 5.30. The smallest absolute Gasteiger partial charge is 0.123 e. The van der Waals surface area contributed by atoms with Crippen molar-refractivity contribution in [2.75, 3.05) is 0 Å². The predicted octanol–water partition coefficient (Wildman–Crippen LogP) is 3.09. The molecule has 0 aliphatic heterocycles. The molecule has 0 saturated heterocycles. The Kier molecular flexibility index (Phi) is 3.19. The summed E-state index contributed by atoms with van der Waals surface area (Å²) in [6.07, 6.45) is 1.58. The monoisotopic (exact) mass is 228 g/mol. The van der Waals surface area contributed by atoms with Crippen LogP contribution in [0.5, 0.6) is 0 Å². The van der Waals surface area contributed by atoms with Crippen LogP contribution in [-0.4, -0.2) is 6.21 Å². The molecule has 0 aliphatic carbocycles. The van der Waals surface area contributed by atoms with Gasteiger partial charge in [0.1, 0.15) is 5.82 Å². The molecule has 17 heavy (non-hydrogen) atoms. The van der Waals surface area contributed by atoms with Gasteiger partial charge in [0.05, 0.1) is 6.21 Å². The third kappa shape index (κ3) is 2.50. The van der Waals surface area contributed by atoms with E-state index in [1.54, 1.807) is 12.3 Å². The van der Waals surface area contributed by atoms with Crippen molar-refractivity contribution in [3.63, 3.8) is 0 Å². The fourth-order valence-corrected chi connectivity index (χ4v) is 1.79. The highest BCUT2D eigenvalue weighted by atomic mass is 19.1. The maximum absolute atomic E-state index is 13.0. The van der Waals surface area contributed by atoms with Crippen molar-refractivity contribution in [2.45, 2.75) is 6.92 Å². The number of benzene rings is 2. The van der Waals surface area contributed by atoms with Gasteiger partial charge in [-0.25, -0.2) is 4.39 Å². The van der Waals surface area contributed by atoms with Crippen LogP contribution in [0.2, 0.25) is 0 Å². The van der Waals surface area contributed by atoms with Gasteiger partial charge < -0.3 is 5.84 Å². The number of hydrazone groups is 1. The standard InChI is InChI=1S/C14H13FN2/c1-10-8-13(15)6-7-14(10)12-4-2-11(3-5-12)9-17-16/h2-9H,16H2,1H3. The van der Waals surface area contributed by atoms with Crippen LogP contribution in [0, 0.1) is 12.7 Å². The molecule has 2 rings (SSSR count). The number of nitrogens with two attached hydrogens (primary N) is 1. The summed E-state index contributed by atoms with van der Waals surface area (Å²) in [5, 5.41) is 3.46. The molecular weight excluding hydrogens is 215 g/mol. The zero-order valence-corrected chi connectivity index (χ0v) is 9.52. The van der Waals surface area contributed by atoms with Crippen molar-refractivity contribution in [2.24, 2.45) is 10.9 Å². The van der Waals surface area contributed by atoms with Crippen LogP contribution < -0.4 is 5.84 Å². The molecule has 0 aliphatic rings. The molecule has 2 aromatic rings. The Morgan fingerprint density at radius 2 is 1.82 bits per heavy atom. The molecule has 3 heteroatoms. The SMILES string of the molecule is Cc1cc(F)ccc1-c1ccc(C=NN)cc1. The number of nitrogens with zero attached hydrogens (tertiary/aromatic N) is 1. The largest absolute Gasteiger partial charge is 0.323 e. The zero-order valence-electron chi connectivity index (χ0n) is 9.52. The number of rotatable bonds is 2. The number of halogens is 1. The van der Waals surface area contributed by atoms with Gasteiger partial charge in [-0.15, -0.1) is 0 Å². The number of hydrogen-bond acceptors (Lipinski definition) is 2. The molecule has 0 spiro atoms. The maximum Gasteiger partial charge on any atom is 0.123 e. The summed E-state index contributed by atoms with van der Waals surface area (Å²) in [6, 6.07) is 12.6. The van der Waals surface area contributed by atoms with Crippen molar-refractivity contribution in [3.05, 3.63) is 59.4 Å². The predicted molar refractivity (Wildman–Crippen MR) is 68.4 cm³/mol. The van der Waals surface area contributed by atoms with Crippen LogP contribution in [0.15, 0.2) is 47.6 Å². The van der Waals surface area contributed by atoms with Crippen LogP contribution in [0.3, 0.4) is 0 Å². The van der Waals surface area contributed by atoms with E-state index < -0.39 is 0 Å². The van der Waals surface area contributed by atoms with E-state index in [0.717, 1.165) is 22.3 Å². The van der Waals surface area contributed by atoms with Crippen LogP contribution in [-0.2, 0) is 0 Å². The fraction of sp³-hybridized carbons (Fsp3) is 0.0714. The molecule has 0 fully saturated rings. The van der Waals surface area contributed by atoms with Gasteiger partial charge in [0.15, 0.2) is 0 Å². The first-order chi connectivity index (χ1) is 8.20. The summed E-state index contributed by atoms with van der Waals surface area (Å²) in [5.74, 6) is 4.87. The van der Waals surface area contributed by atoms with Gasteiger partial charge in [-0.3, -0.25) is 0 Å². The molecule has 0 unspecified atom stereocenters. The second-order valence-corrected chi connectivity index (χ2v) is 3.86. The molecule has 0 radical (unpaired) electrons. The molecule has 0 saturated carbocycles. The van der Waals surface area contributed by atoms with Crippen molar-refractivity contribution in [3.8, 4) is 11.1 Å². The molecule has 2 aromatic carbocycles. The quantitative estimate of drug-likeness (QED) is 0.479. The van der Waals surface area contributed by atoms with Crippen LogP contribution in [0.25, 0.3) is 11.1 Å². The summed E-state index contributed by atoms with van der Waals surface area (Å²) < 4.78 is 13.0. The Labute approximate surface area is 99.6 Å². The van der Waals surface area contributed by atoms with Crippen LogP contribution >= 0.6 is 0 Å². The third-order valence-electron chi connectivity index (χ3n) is 2.63. The van der Waals surface area contributed by atoms with Gasteiger partial charge >= 0.3 is 0 Å². The van der Waals surface area contributed by atoms with Gasteiger partial charge in [-0.05, 0) is 41.3 Å². The normalized spacial score (nSPS) is 10.9. The van der Waals surface area contributed by atoms with E-state index in [9.17, 15) is 4.39 Å². The van der Waals surface area contributed by atoms with Crippen molar-refractivity contribution in [1.29, 1.82) is 0 Å². The van der Waals surface area contributed by atoms with E-state index in [4.69, 9.17) is 5.84 Å². The Morgan fingerprint density at radius 3 is 2.41 bits per heavy atom. The summed E-state index contributed by atoms with van der Waals surface area (Å²) in [5.41, 5.74) is 3.94. The summed E-state index contributed by atoms with van der Waals surface area (Å²) in [7, 11) is 0. The van der Waals surface area contributed by atoms with E-state index >= 15 is 0 Å². The Balaban J connectivity index is 2.39. The first-order valence-corrected chi connectivity index (χ1v) is 5.30. The van der Waals surface area contributed by atoms with E-state index in [1.807, 2.05) is 31.2 Å². The van der Waals surface area contributed by atoms with Gasteiger partial charge in [-0.1, -0.05) is 30.3 Å². The lowest BCUT2D eigenvalue weighted by Crippen LogP contribution is -1.88. The Hall–Kier alpha value is -2.16. The molecular formula is C14H13FN2. The zero-order chi connectivity index (χ0) is 12.3. The van der Waals surface area contributed by atoms with Crippen LogP contribution in [0.4, 0.5) is 4.39 Å². The lowest BCUT2D eigenvalue weighted by Gasteiger charge is -2.06. The summed E-state index contributed by atoms with van der Waals surface area (Å²) >= 11 is 0. The fourth-order valence-electron chi connectivity index (χ4n) is 1.79. The lowest BCUT2D eigenvalue weighted by molar-refractivity contribution is 0.627. The molecule has 2 N–H and O–H groups in total. The highest BCUT2D eigenvalue weighted by Crippen LogP contribution is 2.24. The number of aryl methyl sites for hydroxylation is 1. The topological polar surface area (TPSA) is 38.4 Å². The van der Waals surface area contributed by atoms with Crippen LogP contribution in [0.1, 0.15) is 11.1 Å². The van der Waals surface area contributed by atoms with Gasteiger partial charge in [0.25, 0.3) is 0 Å². The van der Waals surface area contributed by atoms with Crippen molar-refractivity contribution >= 4 is 6.21 Å². The Morgan fingerprint density at radius 1 is 1.12 bits per heavy atom. The molecule has 0 aromatic heterocycles. The van der Waals surface area contributed by atoms with E-state index in [1.165, 1.54) is 12.1 Å². The molecule has 0 amide bonds. The van der Waals surface area contributed by atoms with Gasteiger partial charge in [0.2, 0.25) is 0 Å². The van der Waals surface area contributed by atoms with Gasteiger partial charge in [0, 0.05) is 0 Å². The average molecular weight is 228 g/mol. The van der Waals surface area contributed by atoms with Gasteiger partial charge in [-0.2, -0.15) is 5.10 Å². The highest BCUT2D eigenvalue weighted by molar-refractivity contribution is 5.81. The minimum atomic E-state index is -0.210. The molecule has 2 nitrogen and oxygen atoms in total. The lowest BCUT2D eigenvalue weighted by atomic mass is 9.99. The van der Waals surface area contributed by atoms with E-state index in [0.29, 0.717) is 0 Å². The first kappa shape index (κ1) is 11.3. The average Bonchev–Trinajstić information content (AvgIpc) is 2.31. The van der Waals surface area contributed by atoms with Crippen molar-refractivity contribution < 1.29 is 4.39 Å².